The molecule has 0 bridgehead atoms. The fourth-order valence-corrected chi connectivity index (χ4v) is 1.12. The van der Waals surface area contributed by atoms with Crippen molar-refractivity contribution in [2.75, 3.05) is 6.61 Å². The van der Waals surface area contributed by atoms with E-state index >= 15 is 0 Å². The first-order chi connectivity index (χ1) is 7.75. The van der Waals surface area contributed by atoms with E-state index in [1.807, 2.05) is 19.1 Å². The van der Waals surface area contributed by atoms with Crippen LogP contribution in [-0.2, 0) is 4.74 Å². The predicted octanol–water partition coefficient (Wildman–Crippen LogP) is 3.16. The van der Waals surface area contributed by atoms with Gasteiger partial charge in [0.15, 0.2) is 0 Å². The highest BCUT2D eigenvalue weighted by atomic mass is 16.6. The number of benzene rings is 1. The van der Waals surface area contributed by atoms with Crippen molar-refractivity contribution in [1.82, 2.24) is 0 Å². The van der Waals surface area contributed by atoms with Gasteiger partial charge in [-0.05, 0) is 19.1 Å². The summed E-state index contributed by atoms with van der Waals surface area (Å²) in [4.78, 5) is 10.3. The van der Waals surface area contributed by atoms with Crippen molar-refractivity contribution in [1.29, 1.82) is 0 Å². The zero-order chi connectivity index (χ0) is 11.8. The Balaban J connectivity index is 2.69. The van der Waals surface area contributed by atoms with Crippen molar-refractivity contribution >= 4 is 11.8 Å². The minimum Gasteiger partial charge on any atom is -0.497 e. The highest BCUT2D eigenvalue weighted by molar-refractivity contribution is 5.59. The third-order valence-electron chi connectivity index (χ3n) is 1.91. The van der Waals surface area contributed by atoms with E-state index in [-0.39, 0.29) is 5.69 Å². The molecule has 0 N–H and O–H groups in total. The summed E-state index contributed by atoms with van der Waals surface area (Å²) < 4.78 is 5.12. The van der Waals surface area contributed by atoms with Gasteiger partial charge in [0.1, 0.15) is 6.61 Å². The number of nitrogens with zero attached hydrogens (tertiary/aromatic N) is 1. The minimum atomic E-state index is -0.411. The Bertz CT molecular complexity index is 410. The Morgan fingerprint density at radius 2 is 2.19 bits per heavy atom. The molecule has 0 saturated carbocycles. The van der Waals surface area contributed by atoms with Crippen molar-refractivity contribution in [2.24, 2.45) is 0 Å². The Kier molecular flexibility index (Phi) is 4.79. The van der Waals surface area contributed by atoms with E-state index in [4.69, 9.17) is 4.74 Å². The van der Waals surface area contributed by atoms with Gasteiger partial charge in [0.25, 0.3) is 5.69 Å². The molecule has 0 heterocycles. The van der Waals surface area contributed by atoms with Gasteiger partial charge in [0.05, 0.1) is 16.7 Å². The topological polar surface area (TPSA) is 52.4 Å². The summed E-state index contributed by atoms with van der Waals surface area (Å²) in [5.74, 6) is 0. The van der Waals surface area contributed by atoms with Gasteiger partial charge in [0.2, 0.25) is 0 Å². The number of nitro groups is 1. The molecular formula is C12H13NO3. The van der Waals surface area contributed by atoms with Crippen molar-refractivity contribution < 1.29 is 9.66 Å². The van der Waals surface area contributed by atoms with Crippen molar-refractivity contribution in [3.05, 3.63) is 58.4 Å². The number of ether oxygens (including phenoxy) is 1. The molecule has 16 heavy (non-hydrogen) atoms. The van der Waals surface area contributed by atoms with E-state index in [1.165, 1.54) is 12.3 Å². The van der Waals surface area contributed by atoms with Gasteiger partial charge >= 0.3 is 0 Å². The van der Waals surface area contributed by atoms with Gasteiger partial charge in [-0.25, -0.2) is 0 Å². The third kappa shape index (κ3) is 3.57. The summed E-state index contributed by atoms with van der Waals surface area (Å²) in [6, 6.07) is 6.52. The first kappa shape index (κ1) is 12.0. The maximum atomic E-state index is 10.7. The van der Waals surface area contributed by atoms with E-state index in [0.717, 1.165) is 0 Å². The minimum absolute atomic E-state index is 0.0772. The molecule has 1 aromatic rings. The van der Waals surface area contributed by atoms with E-state index in [0.29, 0.717) is 12.2 Å². The van der Waals surface area contributed by atoms with Gasteiger partial charge in [-0.15, -0.1) is 0 Å². The second kappa shape index (κ2) is 6.40. The van der Waals surface area contributed by atoms with Gasteiger partial charge in [-0.1, -0.05) is 24.3 Å². The second-order valence-electron chi connectivity index (χ2n) is 3.02. The molecule has 0 amide bonds. The zero-order valence-electron chi connectivity index (χ0n) is 9.00. The molecule has 0 spiro atoms. The number of hydrogen-bond acceptors (Lipinski definition) is 3. The molecule has 0 saturated heterocycles. The highest BCUT2D eigenvalue weighted by Crippen LogP contribution is 2.18. The molecule has 0 aliphatic rings. The van der Waals surface area contributed by atoms with Crippen LogP contribution < -0.4 is 0 Å². The number of para-hydroxylation sites is 1. The quantitative estimate of drug-likeness (QED) is 0.251. The fraction of sp³-hybridized carbons (Fsp3) is 0.167. The summed E-state index contributed by atoms with van der Waals surface area (Å²) in [5.41, 5.74) is 0.612. The lowest BCUT2D eigenvalue weighted by molar-refractivity contribution is -0.385. The molecule has 4 nitrogen and oxygen atoms in total. The molecule has 0 unspecified atom stereocenters. The third-order valence-corrected chi connectivity index (χ3v) is 1.91. The molecule has 4 heteroatoms. The molecule has 0 aliphatic heterocycles. The summed E-state index contributed by atoms with van der Waals surface area (Å²) in [6.07, 6.45) is 6.77. The van der Waals surface area contributed by atoms with Crippen LogP contribution in [0.25, 0.3) is 6.08 Å². The zero-order valence-corrected chi connectivity index (χ0v) is 9.00. The lowest BCUT2D eigenvalue weighted by atomic mass is 10.2. The lowest BCUT2D eigenvalue weighted by Crippen LogP contribution is -1.90. The number of allylic oxidation sites excluding steroid dienone is 1. The average molecular weight is 219 g/mol. The first-order valence-electron chi connectivity index (χ1n) is 4.88. The second-order valence-corrected chi connectivity index (χ2v) is 3.02. The van der Waals surface area contributed by atoms with Crippen molar-refractivity contribution in [3.63, 3.8) is 0 Å². The van der Waals surface area contributed by atoms with E-state index < -0.39 is 4.92 Å². The number of hydrogen-bond donors (Lipinski definition) is 0. The Hall–Kier alpha value is -2.10. The lowest BCUT2D eigenvalue weighted by Gasteiger charge is -1.97. The van der Waals surface area contributed by atoms with Crippen LogP contribution in [-0.4, -0.2) is 11.5 Å². The van der Waals surface area contributed by atoms with Gasteiger partial charge in [-0.2, -0.15) is 0 Å². The Labute approximate surface area is 94.0 Å². The standard InChI is InChI=1S/C12H13NO3/c1-2-3-9-16-10-8-11-6-4-5-7-12(11)13(14)15/h2-8,10H,9H2,1H3/b3-2+,10-8+. The largest absolute Gasteiger partial charge is 0.497 e. The van der Waals surface area contributed by atoms with Crippen LogP contribution in [0.15, 0.2) is 42.7 Å². The Morgan fingerprint density at radius 3 is 2.88 bits per heavy atom. The SMILES string of the molecule is C/C=C/CO/C=C/c1ccccc1[N+](=O)[O-]. The highest BCUT2D eigenvalue weighted by Gasteiger charge is 2.08. The first-order valence-corrected chi connectivity index (χ1v) is 4.88. The van der Waals surface area contributed by atoms with Crippen LogP contribution in [0.2, 0.25) is 0 Å². The Morgan fingerprint density at radius 1 is 1.44 bits per heavy atom. The van der Waals surface area contributed by atoms with Crippen molar-refractivity contribution in [3.8, 4) is 0 Å². The van der Waals surface area contributed by atoms with Crippen LogP contribution in [0.5, 0.6) is 0 Å². The summed E-state index contributed by atoms with van der Waals surface area (Å²) in [6.45, 7) is 2.36. The molecule has 0 aromatic heterocycles. The molecule has 84 valence electrons. The van der Waals surface area contributed by atoms with E-state index in [9.17, 15) is 10.1 Å². The summed E-state index contributed by atoms with van der Waals surface area (Å²) >= 11 is 0. The van der Waals surface area contributed by atoms with Crippen LogP contribution in [0.1, 0.15) is 12.5 Å². The normalized spacial score (nSPS) is 11.1. The molecule has 0 fully saturated rings. The van der Waals surface area contributed by atoms with Crippen LogP contribution in [0.4, 0.5) is 5.69 Å². The maximum absolute atomic E-state index is 10.7. The number of nitro benzene ring substituents is 1. The van der Waals surface area contributed by atoms with Crippen LogP contribution >= 0.6 is 0 Å². The summed E-state index contributed by atoms with van der Waals surface area (Å²) in [7, 11) is 0. The monoisotopic (exact) mass is 219 g/mol. The summed E-state index contributed by atoms with van der Waals surface area (Å²) in [5, 5.41) is 10.7. The van der Waals surface area contributed by atoms with E-state index in [2.05, 4.69) is 0 Å². The molecule has 0 radical (unpaired) electrons. The van der Waals surface area contributed by atoms with Crippen molar-refractivity contribution in [2.45, 2.75) is 6.92 Å². The maximum Gasteiger partial charge on any atom is 0.276 e. The van der Waals surface area contributed by atoms with E-state index in [1.54, 1.807) is 24.3 Å². The smallest absolute Gasteiger partial charge is 0.276 e. The molecule has 1 rings (SSSR count). The average Bonchev–Trinajstić information content (AvgIpc) is 2.29. The van der Waals surface area contributed by atoms with Gasteiger partial charge in [0, 0.05) is 6.07 Å². The van der Waals surface area contributed by atoms with Gasteiger partial charge in [-0.3, -0.25) is 10.1 Å². The van der Waals surface area contributed by atoms with Crippen LogP contribution in [0.3, 0.4) is 0 Å². The fourth-order valence-electron chi connectivity index (χ4n) is 1.12. The van der Waals surface area contributed by atoms with Crippen LogP contribution in [0, 0.1) is 10.1 Å². The molecule has 1 aromatic carbocycles. The predicted molar refractivity (Wildman–Crippen MR) is 62.9 cm³/mol. The molecular weight excluding hydrogens is 206 g/mol. The molecule has 0 atom stereocenters. The number of rotatable bonds is 5. The molecule has 0 aliphatic carbocycles. The van der Waals surface area contributed by atoms with Gasteiger partial charge < -0.3 is 4.74 Å².